The molecule has 4 heteroatoms. The molecule has 0 radical (unpaired) electrons. The van der Waals surface area contributed by atoms with Crippen molar-refractivity contribution in [3.8, 4) is 11.5 Å². The first-order chi connectivity index (χ1) is 9.52. The van der Waals surface area contributed by atoms with Gasteiger partial charge < -0.3 is 15.2 Å². The van der Waals surface area contributed by atoms with Crippen LogP contribution >= 0.6 is 11.6 Å². The standard InChI is InChI=1S/C16H18ClNO2/c1-10-5-4-6-12(16(10)19)9-18-14-7-11(2)13(17)8-15(14)20-3/h4-8,18-19H,9H2,1-3H3. The quantitative estimate of drug-likeness (QED) is 0.883. The van der Waals surface area contributed by atoms with Crippen LogP contribution in [-0.4, -0.2) is 12.2 Å². The number of halogens is 1. The van der Waals surface area contributed by atoms with Gasteiger partial charge in [0.25, 0.3) is 0 Å². The Morgan fingerprint density at radius 2 is 1.95 bits per heavy atom. The van der Waals surface area contributed by atoms with E-state index in [1.165, 1.54) is 0 Å². The minimum Gasteiger partial charge on any atom is -0.507 e. The van der Waals surface area contributed by atoms with Gasteiger partial charge in [-0.3, -0.25) is 0 Å². The lowest BCUT2D eigenvalue weighted by molar-refractivity contribution is 0.416. The predicted molar refractivity (Wildman–Crippen MR) is 82.9 cm³/mol. The maximum absolute atomic E-state index is 10.0. The molecule has 0 unspecified atom stereocenters. The van der Waals surface area contributed by atoms with Gasteiger partial charge in [0.1, 0.15) is 11.5 Å². The van der Waals surface area contributed by atoms with Crippen LogP contribution in [-0.2, 0) is 6.54 Å². The normalized spacial score (nSPS) is 10.4. The molecule has 2 aromatic carbocycles. The van der Waals surface area contributed by atoms with Crippen LogP contribution < -0.4 is 10.1 Å². The summed E-state index contributed by atoms with van der Waals surface area (Å²) in [6, 6.07) is 9.43. The number of benzene rings is 2. The molecule has 0 amide bonds. The zero-order valence-corrected chi connectivity index (χ0v) is 12.6. The van der Waals surface area contributed by atoms with E-state index < -0.39 is 0 Å². The molecule has 3 nitrogen and oxygen atoms in total. The fourth-order valence-corrected chi connectivity index (χ4v) is 2.18. The Bertz CT molecular complexity index is 626. The lowest BCUT2D eigenvalue weighted by Gasteiger charge is -2.14. The second kappa shape index (κ2) is 6.06. The van der Waals surface area contributed by atoms with Gasteiger partial charge in [-0.1, -0.05) is 29.8 Å². The summed E-state index contributed by atoms with van der Waals surface area (Å²) in [5, 5.41) is 14.0. The van der Waals surface area contributed by atoms with Crippen LogP contribution in [0.15, 0.2) is 30.3 Å². The molecular formula is C16H18ClNO2. The van der Waals surface area contributed by atoms with E-state index in [2.05, 4.69) is 5.32 Å². The molecule has 0 aliphatic rings. The number of para-hydroxylation sites is 1. The summed E-state index contributed by atoms with van der Waals surface area (Å²) >= 11 is 6.08. The van der Waals surface area contributed by atoms with E-state index in [-0.39, 0.29) is 0 Å². The highest BCUT2D eigenvalue weighted by atomic mass is 35.5. The summed E-state index contributed by atoms with van der Waals surface area (Å²) in [7, 11) is 1.61. The first kappa shape index (κ1) is 14.5. The molecule has 0 atom stereocenters. The van der Waals surface area contributed by atoms with Gasteiger partial charge in [-0.05, 0) is 31.0 Å². The Morgan fingerprint density at radius 3 is 2.65 bits per heavy atom. The Labute approximate surface area is 124 Å². The maximum Gasteiger partial charge on any atom is 0.143 e. The molecule has 2 rings (SSSR count). The van der Waals surface area contributed by atoms with Gasteiger partial charge in [0.05, 0.1) is 12.8 Å². The van der Waals surface area contributed by atoms with Gasteiger partial charge in [0.2, 0.25) is 0 Å². The van der Waals surface area contributed by atoms with Crippen molar-refractivity contribution >= 4 is 17.3 Å². The van der Waals surface area contributed by atoms with E-state index in [0.29, 0.717) is 23.1 Å². The third-order valence-electron chi connectivity index (χ3n) is 3.27. The molecule has 2 aromatic rings. The number of hydrogen-bond donors (Lipinski definition) is 2. The van der Waals surface area contributed by atoms with Gasteiger partial charge in [-0.25, -0.2) is 0 Å². The van der Waals surface area contributed by atoms with Gasteiger partial charge in [0, 0.05) is 23.2 Å². The molecule has 0 aliphatic carbocycles. The number of phenols is 1. The number of aromatic hydroxyl groups is 1. The zero-order valence-electron chi connectivity index (χ0n) is 11.8. The van der Waals surface area contributed by atoms with Gasteiger partial charge >= 0.3 is 0 Å². The van der Waals surface area contributed by atoms with E-state index in [1.54, 1.807) is 13.2 Å². The number of phenolic OH excluding ortho intramolecular Hbond substituents is 1. The molecule has 0 fully saturated rings. The summed E-state index contributed by atoms with van der Waals surface area (Å²) < 4.78 is 5.31. The minimum absolute atomic E-state index is 0.324. The Hall–Kier alpha value is -1.87. The highest BCUT2D eigenvalue weighted by molar-refractivity contribution is 6.31. The Morgan fingerprint density at radius 1 is 1.20 bits per heavy atom. The van der Waals surface area contributed by atoms with Crippen LogP contribution in [0.4, 0.5) is 5.69 Å². The highest BCUT2D eigenvalue weighted by Gasteiger charge is 2.08. The topological polar surface area (TPSA) is 41.5 Å². The second-order valence-electron chi connectivity index (χ2n) is 4.74. The lowest BCUT2D eigenvalue weighted by atomic mass is 10.1. The maximum atomic E-state index is 10.0. The van der Waals surface area contributed by atoms with Crippen LogP contribution in [0.5, 0.6) is 11.5 Å². The van der Waals surface area contributed by atoms with Crippen LogP contribution in [0.2, 0.25) is 5.02 Å². The van der Waals surface area contributed by atoms with Crippen LogP contribution in [0.1, 0.15) is 16.7 Å². The monoisotopic (exact) mass is 291 g/mol. The molecule has 0 spiro atoms. The molecular weight excluding hydrogens is 274 g/mol. The summed E-state index contributed by atoms with van der Waals surface area (Å²) in [5.74, 6) is 1.01. The van der Waals surface area contributed by atoms with E-state index in [9.17, 15) is 5.11 Å². The Balaban J connectivity index is 2.22. The third-order valence-corrected chi connectivity index (χ3v) is 3.68. The molecule has 0 aliphatic heterocycles. The molecule has 20 heavy (non-hydrogen) atoms. The Kier molecular flexibility index (Phi) is 4.40. The van der Waals surface area contributed by atoms with E-state index in [1.807, 2.05) is 38.1 Å². The molecule has 0 bridgehead atoms. The fraction of sp³-hybridized carbons (Fsp3) is 0.250. The van der Waals surface area contributed by atoms with Crippen molar-refractivity contribution in [2.24, 2.45) is 0 Å². The smallest absolute Gasteiger partial charge is 0.143 e. The van der Waals surface area contributed by atoms with E-state index in [0.717, 1.165) is 22.4 Å². The number of ether oxygens (including phenoxy) is 1. The predicted octanol–water partition coefficient (Wildman–Crippen LogP) is 4.28. The highest BCUT2D eigenvalue weighted by Crippen LogP contribution is 2.32. The van der Waals surface area contributed by atoms with Crippen molar-refractivity contribution < 1.29 is 9.84 Å². The first-order valence-corrected chi connectivity index (χ1v) is 6.76. The number of aryl methyl sites for hydroxylation is 2. The summed E-state index contributed by atoms with van der Waals surface area (Å²) in [4.78, 5) is 0. The van der Waals surface area contributed by atoms with Gasteiger partial charge in [-0.15, -0.1) is 0 Å². The molecule has 0 aromatic heterocycles. The van der Waals surface area contributed by atoms with Crippen molar-refractivity contribution in [2.75, 3.05) is 12.4 Å². The molecule has 2 N–H and O–H groups in total. The molecule has 0 heterocycles. The average Bonchev–Trinajstić information content (AvgIpc) is 2.43. The number of methoxy groups -OCH3 is 1. The van der Waals surface area contributed by atoms with Crippen molar-refractivity contribution in [3.05, 3.63) is 52.0 Å². The molecule has 106 valence electrons. The van der Waals surface area contributed by atoms with Crippen molar-refractivity contribution in [2.45, 2.75) is 20.4 Å². The summed E-state index contributed by atoms with van der Waals surface area (Å²) in [5.41, 5.74) is 3.54. The van der Waals surface area contributed by atoms with E-state index >= 15 is 0 Å². The summed E-state index contributed by atoms with van der Waals surface area (Å²) in [6.45, 7) is 4.34. The number of hydrogen-bond acceptors (Lipinski definition) is 3. The van der Waals surface area contributed by atoms with Gasteiger partial charge in [-0.2, -0.15) is 0 Å². The van der Waals surface area contributed by atoms with Gasteiger partial charge in [0.15, 0.2) is 0 Å². The van der Waals surface area contributed by atoms with E-state index in [4.69, 9.17) is 16.3 Å². The number of anilines is 1. The zero-order chi connectivity index (χ0) is 14.7. The third kappa shape index (κ3) is 2.99. The van der Waals surface area contributed by atoms with Crippen LogP contribution in [0.3, 0.4) is 0 Å². The van der Waals surface area contributed by atoms with Crippen LogP contribution in [0.25, 0.3) is 0 Å². The van der Waals surface area contributed by atoms with Crippen molar-refractivity contribution in [3.63, 3.8) is 0 Å². The van der Waals surface area contributed by atoms with Crippen molar-refractivity contribution in [1.29, 1.82) is 0 Å². The molecule has 0 saturated heterocycles. The minimum atomic E-state index is 0.324. The van der Waals surface area contributed by atoms with Crippen LogP contribution in [0, 0.1) is 13.8 Å². The number of nitrogens with one attached hydrogen (secondary N) is 1. The fourth-order valence-electron chi connectivity index (χ4n) is 2.02. The number of rotatable bonds is 4. The van der Waals surface area contributed by atoms with Crippen molar-refractivity contribution in [1.82, 2.24) is 0 Å². The first-order valence-electron chi connectivity index (χ1n) is 6.38. The lowest BCUT2D eigenvalue weighted by Crippen LogP contribution is -2.02. The summed E-state index contributed by atoms with van der Waals surface area (Å²) in [6.07, 6.45) is 0. The second-order valence-corrected chi connectivity index (χ2v) is 5.15. The molecule has 0 saturated carbocycles. The SMILES string of the molecule is COc1cc(Cl)c(C)cc1NCc1cccc(C)c1O. The largest absolute Gasteiger partial charge is 0.507 e. The average molecular weight is 292 g/mol.